The summed E-state index contributed by atoms with van der Waals surface area (Å²) in [7, 11) is 0. The molecule has 3 N–H and O–H groups in total. The lowest BCUT2D eigenvalue weighted by Crippen LogP contribution is -2.35. The van der Waals surface area contributed by atoms with E-state index in [1.54, 1.807) is 28.9 Å². The van der Waals surface area contributed by atoms with Gasteiger partial charge in [0.15, 0.2) is 5.65 Å². The second-order valence-electron chi connectivity index (χ2n) is 6.70. The largest absolute Gasteiger partial charge is 0.390 e. The first-order valence-corrected chi connectivity index (χ1v) is 9.12. The molecule has 0 bridgehead atoms. The minimum Gasteiger partial charge on any atom is -0.390 e. The van der Waals surface area contributed by atoms with E-state index in [0.717, 1.165) is 5.56 Å². The van der Waals surface area contributed by atoms with Gasteiger partial charge >= 0.3 is 0 Å². The first-order chi connectivity index (χ1) is 12.4. The highest BCUT2D eigenvalue weighted by molar-refractivity contribution is 6.36. The van der Waals surface area contributed by atoms with Crippen LogP contribution in [0.5, 0.6) is 0 Å². The van der Waals surface area contributed by atoms with Gasteiger partial charge in [0.2, 0.25) is 0 Å². The summed E-state index contributed by atoms with van der Waals surface area (Å²) >= 11 is 12.3. The van der Waals surface area contributed by atoms with Gasteiger partial charge in [-0.1, -0.05) is 30.1 Å². The van der Waals surface area contributed by atoms with E-state index in [9.17, 15) is 10.2 Å². The van der Waals surface area contributed by atoms with Crippen molar-refractivity contribution in [1.82, 2.24) is 14.6 Å². The van der Waals surface area contributed by atoms with Gasteiger partial charge in [0, 0.05) is 22.8 Å². The first kappa shape index (κ1) is 17.5. The van der Waals surface area contributed by atoms with E-state index in [1.807, 2.05) is 19.1 Å². The van der Waals surface area contributed by atoms with Crippen LogP contribution in [0.25, 0.3) is 16.9 Å². The Labute approximate surface area is 160 Å². The maximum Gasteiger partial charge on any atom is 0.157 e. The Kier molecular flexibility index (Phi) is 4.52. The first-order valence-electron chi connectivity index (χ1n) is 8.37. The van der Waals surface area contributed by atoms with Crippen molar-refractivity contribution in [3.8, 4) is 11.3 Å². The summed E-state index contributed by atoms with van der Waals surface area (Å²) in [6, 6.07) is 8.62. The van der Waals surface area contributed by atoms with Gasteiger partial charge in [-0.2, -0.15) is 9.61 Å². The lowest BCUT2D eigenvalue weighted by atomic mass is 10.1. The zero-order valence-electron chi connectivity index (χ0n) is 14.0. The third kappa shape index (κ3) is 3.03. The number of rotatable bonds is 3. The molecule has 0 aliphatic heterocycles. The molecule has 1 aliphatic rings. The number of hydrogen-bond acceptors (Lipinski definition) is 5. The summed E-state index contributed by atoms with van der Waals surface area (Å²) < 4.78 is 1.67. The maximum atomic E-state index is 10.2. The van der Waals surface area contributed by atoms with E-state index in [0.29, 0.717) is 33.6 Å². The quantitative estimate of drug-likeness (QED) is 0.637. The molecule has 2 heterocycles. The zero-order chi connectivity index (χ0) is 18.4. The minimum atomic E-state index is -0.825. The third-order valence-corrected chi connectivity index (χ3v) is 5.42. The molecule has 0 amide bonds. The summed E-state index contributed by atoms with van der Waals surface area (Å²) in [5, 5.41) is 29.2. The molecule has 1 aliphatic carbocycles. The Morgan fingerprint density at radius 3 is 2.65 bits per heavy atom. The monoisotopic (exact) mass is 392 g/mol. The van der Waals surface area contributed by atoms with Crippen LogP contribution < -0.4 is 5.32 Å². The third-order valence-electron chi connectivity index (χ3n) is 4.87. The van der Waals surface area contributed by atoms with Crippen molar-refractivity contribution < 1.29 is 10.2 Å². The molecule has 26 heavy (non-hydrogen) atoms. The fraction of sp³-hybridized carbons (Fsp3) is 0.333. The van der Waals surface area contributed by atoms with Crippen LogP contribution in [0.2, 0.25) is 10.0 Å². The predicted molar refractivity (Wildman–Crippen MR) is 102 cm³/mol. The van der Waals surface area contributed by atoms with Crippen molar-refractivity contribution >= 4 is 34.7 Å². The average molecular weight is 393 g/mol. The van der Waals surface area contributed by atoms with Crippen molar-refractivity contribution in [3.63, 3.8) is 0 Å². The summed E-state index contributed by atoms with van der Waals surface area (Å²) in [6.45, 7) is 1.92. The minimum absolute atomic E-state index is 0.0286. The average Bonchev–Trinajstić information content (AvgIpc) is 3.13. The molecule has 8 heteroatoms. The standard InChI is InChI=1S/C18H18Cl2N4O2/c1-9-6-14(18(26)17(9)25)22-15-4-5-21-16-8-13(23-24(15)16)11-3-2-10(19)7-12(11)20/h2-5,7-9,14,17-18,22,25-26H,6H2,1H3/t9-,14-,17-,18+/m1/s1. The molecule has 0 spiro atoms. The maximum absolute atomic E-state index is 10.2. The second kappa shape index (κ2) is 6.70. The lowest BCUT2D eigenvalue weighted by Gasteiger charge is -2.19. The highest BCUT2D eigenvalue weighted by atomic mass is 35.5. The van der Waals surface area contributed by atoms with Crippen molar-refractivity contribution in [2.45, 2.75) is 31.6 Å². The second-order valence-corrected chi connectivity index (χ2v) is 7.54. The van der Waals surface area contributed by atoms with Gasteiger partial charge in [0.1, 0.15) is 11.9 Å². The van der Waals surface area contributed by atoms with E-state index in [4.69, 9.17) is 23.2 Å². The van der Waals surface area contributed by atoms with Gasteiger partial charge in [-0.05, 0) is 36.6 Å². The zero-order valence-corrected chi connectivity index (χ0v) is 15.5. The Balaban J connectivity index is 1.70. The van der Waals surface area contributed by atoms with Gasteiger partial charge in [0.05, 0.1) is 22.9 Å². The number of aliphatic hydroxyl groups excluding tert-OH is 2. The van der Waals surface area contributed by atoms with Crippen LogP contribution in [0.3, 0.4) is 0 Å². The summed E-state index contributed by atoms with van der Waals surface area (Å²) in [5.41, 5.74) is 2.09. The molecule has 6 nitrogen and oxygen atoms in total. The topological polar surface area (TPSA) is 82.7 Å². The summed E-state index contributed by atoms with van der Waals surface area (Å²) in [5.74, 6) is 0.720. The number of aliphatic hydroxyl groups is 2. The van der Waals surface area contributed by atoms with E-state index in [1.165, 1.54) is 0 Å². The summed E-state index contributed by atoms with van der Waals surface area (Å²) in [6.07, 6.45) is 0.789. The van der Waals surface area contributed by atoms with Gasteiger partial charge in [-0.3, -0.25) is 0 Å². The van der Waals surface area contributed by atoms with Crippen LogP contribution in [-0.2, 0) is 0 Å². The molecule has 1 aromatic carbocycles. The Morgan fingerprint density at radius 2 is 1.96 bits per heavy atom. The van der Waals surface area contributed by atoms with Gasteiger partial charge < -0.3 is 15.5 Å². The molecule has 1 fully saturated rings. The van der Waals surface area contributed by atoms with Crippen LogP contribution >= 0.6 is 23.2 Å². The molecular formula is C18H18Cl2N4O2. The van der Waals surface area contributed by atoms with E-state index < -0.39 is 12.2 Å². The van der Waals surface area contributed by atoms with Crippen LogP contribution in [0.1, 0.15) is 13.3 Å². The highest BCUT2D eigenvalue weighted by Crippen LogP contribution is 2.32. The molecule has 4 rings (SSSR count). The molecule has 1 saturated carbocycles. The molecule has 0 unspecified atom stereocenters. The van der Waals surface area contributed by atoms with E-state index >= 15 is 0 Å². The molecule has 2 aromatic heterocycles. The molecule has 0 radical (unpaired) electrons. The lowest BCUT2D eigenvalue weighted by molar-refractivity contribution is 0.0210. The number of nitrogens with zero attached hydrogens (tertiary/aromatic N) is 3. The number of nitrogens with one attached hydrogen (secondary N) is 1. The van der Waals surface area contributed by atoms with Crippen LogP contribution in [0.4, 0.5) is 5.82 Å². The molecule has 0 saturated heterocycles. The number of halogens is 2. The van der Waals surface area contributed by atoms with E-state index in [2.05, 4.69) is 15.4 Å². The summed E-state index contributed by atoms with van der Waals surface area (Å²) in [4.78, 5) is 4.34. The number of benzene rings is 1. The van der Waals surface area contributed by atoms with Crippen molar-refractivity contribution in [1.29, 1.82) is 0 Å². The number of aromatic nitrogens is 3. The molecule has 136 valence electrons. The fourth-order valence-electron chi connectivity index (χ4n) is 3.42. The predicted octanol–water partition coefficient (Wildman–Crippen LogP) is 3.25. The number of anilines is 1. The SMILES string of the molecule is C[C@@H]1C[C@@H](Nc2ccnc3cc(-c4ccc(Cl)cc4Cl)nn23)[C@H](O)[C@@H]1O. The van der Waals surface area contributed by atoms with Gasteiger partial charge in [-0.15, -0.1) is 0 Å². The smallest absolute Gasteiger partial charge is 0.157 e. The van der Waals surface area contributed by atoms with Crippen molar-refractivity contribution in [3.05, 3.63) is 46.6 Å². The van der Waals surface area contributed by atoms with Crippen LogP contribution in [0, 0.1) is 5.92 Å². The molecule has 3 aromatic rings. The van der Waals surface area contributed by atoms with Gasteiger partial charge in [0.25, 0.3) is 0 Å². The normalized spacial score (nSPS) is 25.7. The molecule has 4 atom stereocenters. The Morgan fingerprint density at radius 1 is 1.15 bits per heavy atom. The number of hydrogen-bond donors (Lipinski definition) is 3. The van der Waals surface area contributed by atoms with E-state index in [-0.39, 0.29) is 12.0 Å². The van der Waals surface area contributed by atoms with Crippen molar-refractivity contribution in [2.75, 3.05) is 5.32 Å². The molecular weight excluding hydrogens is 375 g/mol. The Hall–Kier alpha value is -1.86. The fourth-order valence-corrected chi connectivity index (χ4v) is 3.93. The number of fused-ring (bicyclic) bond motifs is 1. The van der Waals surface area contributed by atoms with Crippen molar-refractivity contribution in [2.24, 2.45) is 5.92 Å². The Bertz CT molecular complexity index is 962. The highest BCUT2D eigenvalue weighted by Gasteiger charge is 2.39. The van der Waals surface area contributed by atoms with Gasteiger partial charge in [-0.25, -0.2) is 4.98 Å². The van der Waals surface area contributed by atoms with Crippen LogP contribution in [0.15, 0.2) is 36.5 Å². The van der Waals surface area contributed by atoms with Crippen LogP contribution in [-0.4, -0.2) is 43.1 Å².